The largest absolute Gasteiger partial charge is 0.417 e. The van der Waals surface area contributed by atoms with Gasteiger partial charge in [0.2, 0.25) is 5.91 Å². The number of hydrogen-bond donors (Lipinski definition) is 1. The van der Waals surface area contributed by atoms with Crippen molar-refractivity contribution < 1.29 is 32.5 Å². The van der Waals surface area contributed by atoms with Crippen molar-refractivity contribution in [3.63, 3.8) is 0 Å². The first-order chi connectivity index (χ1) is 13.6. The van der Waals surface area contributed by atoms with Crippen LogP contribution < -0.4 is 4.90 Å². The Morgan fingerprint density at radius 2 is 2.14 bits per heavy atom. The number of benzene rings is 1. The highest BCUT2D eigenvalue weighted by Crippen LogP contribution is 2.64. The van der Waals surface area contributed by atoms with E-state index in [0.717, 1.165) is 12.1 Å². The average molecular weight is 408 g/mol. The fraction of sp³-hybridized carbons (Fsp3) is 0.600. The molecule has 4 heterocycles. The molecule has 1 amide bonds. The molecule has 1 spiro atoms. The fourth-order valence-electron chi connectivity index (χ4n) is 5.83. The number of nitrogens with zero attached hydrogens (tertiary/aromatic N) is 2. The molecule has 0 saturated carbocycles. The van der Waals surface area contributed by atoms with E-state index in [1.54, 1.807) is 13.0 Å². The van der Waals surface area contributed by atoms with Crippen LogP contribution in [0.25, 0.3) is 0 Å². The Hall–Kier alpha value is -2.15. The predicted molar refractivity (Wildman–Crippen MR) is 92.4 cm³/mol. The smallest absolute Gasteiger partial charge is 0.390 e. The lowest BCUT2D eigenvalue weighted by molar-refractivity contribution is -0.138. The first kappa shape index (κ1) is 18.9. The van der Waals surface area contributed by atoms with E-state index in [1.165, 1.54) is 11.0 Å². The first-order valence-corrected chi connectivity index (χ1v) is 9.57. The molecule has 0 aliphatic carbocycles. The van der Waals surface area contributed by atoms with Crippen molar-refractivity contribution in [1.29, 1.82) is 5.26 Å². The number of amides is 1. The van der Waals surface area contributed by atoms with E-state index in [-0.39, 0.29) is 11.6 Å². The normalized spacial score (nSPS) is 40.7. The molecule has 29 heavy (non-hydrogen) atoms. The lowest BCUT2D eigenvalue weighted by atomic mass is 9.65. The Bertz CT molecular complexity index is 945. The summed E-state index contributed by atoms with van der Waals surface area (Å²) < 4.78 is 52.6. The van der Waals surface area contributed by atoms with Crippen LogP contribution in [0.4, 0.5) is 18.9 Å². The maximum Gasteiger partial charge on any atom is 0.417 e. The van der Waals surface area contributed by atoms with Crippen molar-refractivity contribution in [3.8, 4) is 6.07 Å². The molecule has 1 N–H and O–H groups in total. The van der Waals surface area contributed by atoms with E-state index in [1.807, 2.05) is 0 Å². The number of aliphatic hydroxyl groups is 1. The lowest BCUT2D eigenvalue weighted by Crippen LogP contribution is -2.49. The third-order valence-electron chi connectivity index (χ3n) is 7.01. The Morgan fingerprint density at radius 3 is 2.83 bits per heavy atom. The van der Waals surface area contributed by atoms with Crippen molar-refractivity contribution >= 4 is 11.6 Å². The van der Waals surface area contributed by atoms with Gasteiger partial charge in [-0.05, 0) is 38.0 Å². The van der Waals surface area contributed by atoms with E-state index in [4.69, 9.17) is 14.7 Å². The summed E-state index contributed by atoms with van der Waals surface area (Å²) in [5.74, 6) is -1.47. The van der Waals surface area contributed by atoms with Crippen LogP contribution in [0, 0.1) is 23.2 Å². The molecule has 6 atom stereocenters. The molecular weight excluding hydrogens is 389 g/mol. The van der Waals surface area contributed by atoms with E-state index < -0.39 is 52.7 Å². The summed E-state index contributed by atoms with van der Waals surface area (Å²) >= 11 is 0. The monoisotopic (exact) mass is 408 g/mol. The fourth-order valence-corrected chi connectivity index (χ4v) is 5.83. The number of aliphatic hydroxyl groups excluding tert-OH is 1. The van der Waals surface area contributed by atoms with Crippen LogP contribution in [0.1, 0.15) is 37.3 Å². The van der Waals surface area contributed by atoms with Gasteiger partial charge in [0.05, 0.1) is 34.8 Å². The number of ether oxygens (including phenoxy) is 2. The highest BCUT2D eigenvalue weighted by molar-refractivity contribution is 6.00. The van der Waals surface area contributed by atoms with E-state index in [2.05, 4.69) is 0 Å². The van der Waals surface area contributed by atoms with Crippen LogP contribution >= 0.6 is 0 Å². The second-order valence-electron chi connectivity index (χ2n) is 8.49. The molecule has 1 aromatic carbocycles. The molecular formula is C20H19F3N2O4. The molecule has 4 aliphatic heterocycles. The number of fused-ring (bicyclic) bond motifs is 2. The first-order valence-electron chi connectivity index (χ1n) is 9.57. The maximum absolute atomic E-state index is 13.5. The van der Waals surface area contributed by atoms with Gasteiger partial charge in [0.25, 0.3) is 0 Å². The van der Waals surface area contributed by atoms with Gasteiger partial charge in [0.1, 0.15) is 11.8 Å². The van der Waals surface area contributed by atoms with Crippen LogP contribution in [0.5, 0.6) is 0 Å². The van der Waals surface area contributed by atoms with E-state index in [9.17, 15) is 23.1 Å². The van der Waals surface area contributed by atoms with Gasteiger partial charge in [-0.2, -0.15) is 18.4 Å². The molecule has 6 unspecified atom stereocenters. The lowest BCUT2D eigenvalue weighted by Gasteiger charge is -2.35. The number of nitriles is 1. The van der Waals surface area contributed by atoms with Gasteiger partial charge in [-0.3, -0.25) is 9.69 Å². The van der Waals surface area contributed by atoms with Crippen molar-refractivity contribution in [3.05, 3.63) is 29.3 Å². The molecule has 6 nitrogen and oxygen atoms in total. The molecule has 9 heteroatoms. The van der Waals surface area contributed by atoms with Gasteiger partial charge in [0, 0.05) is 24.6 Å². The minimum Gasteiger partial charge on any atom is -0.390 e. The summed E-state index contributed by atoms with van der Waals surface area (Å²) in [6.45, 7) is 2.04. The van der Waals surface area contributed by atoms with Crippen LogP contribution in [0.15, 0.2) is 18.2 Å². The molecule has 0 aromatic heterocycles. The van der Waals surface area contributed by atoms with Gasteiger partial charge in [0.15, 0.2) is 0 Å². The SMILES string of the molecule is CC12OC3(CCCOC4C3C1C(=O)N4c1ccc(C#N)c(C(F)(F)F)c1)CC2O. The van der Waals surface area contributed by atoms with Crippen molar-refractivity contribution in [2.24, 2.45) is 11.8 Å². The molecule has 2 bridgehead atoms. The number of alkyl halides is 3. The van der Waals surface area contributed by atoms with Gasteiger partial charge in [-0.15, -0.1) is 0 Å². The Kier molecular flexibility index (Phi) is 3.72. The number of rotatable bonds is 1. The summed E-state index contributed by atoms with van der Waals surface area (Å²) in [6, 6.07) is 4.80. The number of hydrogen-bond acceptors (Lipinski definition) is 5. The summed E-state index contributed by atoms with van der Waals surface area (Å²) in [5, 5.41) is 19.6. The summed E-state index contributed by atoms with van der Waals surface area (Å²) in [5.41, 5.74) is -3.36. The Morgan fingerprint density at radius 1 is 1.38 bits per heavy atom. The second-order valence-corrected chi connectivity index (χ2v) is 8.49. The van der Waals surface area contributed by atoms with Crippen LogP contribution in [-0.2, 0) is 20.4 Å². The van der Waals surface area contributed by atoms with Crippen molar-refractivity contribution in [2.75, 3.05) is 11.5 Å². The minimum atomic E-state index is -4.73. The summed E-state index contributed by atoms with van der Waals surface area (Å²) in [6.07, 6.45) is -4.63. The number of anilines is 1. The molecule has 0 radical (unpaired) electrons. The van der Waals surface area contributed by atoms with Crippen molar-refractivity contribution in [1.82, 2.24) is 0 Å². The quantitative estimate of drug-likeness (QED) is 0.773. The molecule has 4 aliphatic rings. The standard InChI is InChI=1S/C20H19F3N2O4/c1-18-13(26)8-19(29-18)5-2-6-28-17-15(19)14(18)16(27)25(17)11-4-3-10(9-24)12(7-11)20(21,22)23/h3-4,7,13-15,17,26H,2,5-6,8H2,1H3. The van der Waals surface area contributed by atoms with Gasteiger partial charge in [-0.1, -0.05) is 0 Å². The molecule has 4 saturated heterocycles. The van der Waals surface area contributed by atoms with E-state index >= 15 is 0 Å². The average Bonchev–Trinajstić information content (AvgIpc) is 3.14. The van der Waals surface area contributed by atoms with Gasteiger partial charge >= 0.3 is 6.18 Å². The number of carbonyl (C=O) groups excluding carboxylic acids is 1. The highest BCUT2D eigenvalue weighted by Gasteiger charge is 2.77. The topological polar surface area (TPSA) is 82.8 Å². The Labute approximate surface area is 164 Å². The van der Waals surface area contributed by atoms with E-state index in [0.29, 0.717) is 25.9 Å². The van der Waals surface area contributed by atoms with Crippen LogP contribution in [-0.4, -0.2) is 41.2 Å². The summed E-state index contributed by atoms with van der Waals surface area (Å²) in [4.78, 5) is 14.7. The molecule has 4 fully saturated rings. The third kappa shape index (κ3) is 2.31. The van der Waals surface area contributed by atoms with Gasteiger partial charge < -0.3 is 14.6 Å². The van der Waals surface area contributed by atoms with Crippen LogP contribution in [0.2, 0.25) is 0 Å². The number of halogens is 3. The summed E-state index contributed by atoms with van der Waals surface area (Å²) in [7, 11) is 0. The Balaban J connectivity index is 1.64. The zero-order valence-electron chi connectivity index (χ0n) is 15.6. The molecule has 1 aromatic rings. The third-order valence-corrected chi connectivity index (χ3v) is 7.01. The number of carbonyl (C=O) groups is 1. The zero-order valence-corrected chi connectivity index (χ0v) is 15.6. The van der Waals surface area contributed by atoms with Crippen LogP contribution in [0.3, 0.4) is 0 Å². The zero-order chi connectivity index (χ0) is 20.8. The molecule has 154 valence electrons. The second kappa shape index (κ2) is 5.72. The highest BCUT2D eigenvalue weighted by atomic mass is 19.4. The van der Waals surface area contributed by atoms with Crippen molar-refractivity contribution in [2.45, 2.75) is 55.9 Å². The molecule has 5 rings (SSSR count). The minimum absolute atomic E-state index is 0.0373. The maximum atomic E-state index is 13.5. The predicted octanol–water partition coefficient (Wildman–Crippen LogP) is 2.58. The van der Waals surface area contributed by atoms with Gasteiger partial charge in [-0.25, -0.2) is 0 Å².